The van der Waals surface area contributed by atoms with Crippen molar-refractivity contribution in [2.45, 2.75) is 13.8 Å². The Morgan fingerprint density at radius 2 is 1.94 bits per heavy atom. The smallest absolute Gasteiger partial charge is 0.170 e. The molecule has 0 N–H and O–H groups in total. The van der Waals surface area contributed by atoms with Crippen molar-refractivity contribution in [3.05, 3.63) is 46.3 Å². The van der Waals surface area contributed by atoms with E-state index in [1.807, 2.05) is 37.3 Å². The molecule has 0 amide bonds. The summed E-state index contributed by atoms with van der Waals surface area (Å²) in [5.41, 5.74) is 2.40. The fourth-order valence-electron chi connectivity index (χ4n) is 1.78. The van der Waals surface area contributed by atoms with Crippen LogP contribution in [0.25, 0.3) is 10.4 Å². The Labute approximate surface area is 104 Å². The van der Waals surface area contributed by atoms with Crippen LogP contribution >= 0.6 is 11.3 Å². The zero-order valence-corrected chi connectivity index (χ0v) is 10.5. The third-order valence-corrected chi connectivity index (χ3v) is 4.06. The summed E-state index contributed by atoms with van der Waals surface area (Å²) >= 11 is 1.40. The van der Waals surface area contributed by atoms with Gasteiger partial charge >= 0.3 is 0 Å². The molecule has 1 aromatic carbocycles. The van der Waals surface area contributed by atoms with Crippen molar-refractivity contribution in [2.75, 3.05) is 0 Å². The van der Waals surface area contributed by atoms with Crippen LogP contribution in [0, 0.1) is 18.3 Å². The summed E-state index contributed by atoms with van der Waals surface area (Å²) in [5.74, 6) is 0.0196. The van der Waals surface area contributed by atoms with Crippen LogP contribution in [-0.2, 0) is 0 Å². The van der Waals surface area contributed by atoms with Gasteiger partial charge in [-0.15, -0.1) is 11.3 Å². The lowest BCUT2D eigenvalue weighted by Gasteiger charge is -1.97. The Hall–Kier alpha value is -1.92. The molecule has 1 aromatic heterocycles. The van der Waals surface area contributed by atoms with Gasteiger partial charge in [0.1, 0.15) is 6.07 Å². The monoisotopic (exact) mass is 241 g/mol. The molecule has 0 spiro atoms. The minimum atomic E-state index is 0.0196. The van der Waals surface area contributed by atoms with Crippen molar-refractivity contribution < 1.29 is 4.79 Å². The topological polar surface area (TPSA) is 40.9 Å². The highest BCUT2D eigenvalue weighted by atomic mass is 32.1. The Morgan fingerprint density at radius 1 is 1.29 bits per heavy atom. The number of ketones is 1. The molecule has 0 radical (unpaired) electrons. The first-order valence-electron chi connectivity index (χ1n) is 5.25. The van der Waals surface area contributed by atoms with Crippen LogP contribution in [-0.4, -0.2) is 5.78 Å². The average molecular weight is 241 g/mol. The minimum absolute atomic E-state index is 0.0196. The summed E-state index contributed by atoms with van der Waals surface area (Å²) in [6.07, 6.45) is 0. The molecule has 0 aliphatic heterocycles. The largest absolute Gasteiger partial charge is 0.294 e. The molecule has 17 heavy (non-hydrogen) atoms. The predicted molar refractivity (Wildman–Crippen MR) is 69.2 cm³/mol. The van der Waals surface area contributed by atoms with Crippen molar-refractivity contribution in [2.24, 2.45) is 0 Å². The second kappa shape index (κ2) is 4.52. The van der Waals surface area contributed by atoms with Crippen molar-refractivity contribution in [3.63, 3.8) is 0 Å². The van der Waals surface area contributed by atoms with E-state index in [9.17, 15) is 10.1 Å². The Balaban J connectivity index is 2.68. The third kappa shape index (κ3) is 2.00. The van der Waals surface area contributed by atoms with Crippen LogP contribution in [0.3, 0.4) is 0 Å². The number of hydrogen-bond donors (Lipinski definition) is 0. The van der Waals surface area contributed by atoms with E-state index in [2.05, 4.69) is 6.07 Å². The molecular weight excluding hydrogens is 230 g/mol. The number of rotatable bonds is 2. The van der Waals surface area contributed by atoms with E-state index in [1.165, 1.54) is 18.3 Å². The molecule has 3 heteroatoms. The standard InChI is InChI=1S/C14H11NOS/c1-9-12(8-15)14(17-13(9)10(2)16)11-6-4-3-5-7-11/h3-7H,1-2H3. The van der Waals surface area contributed by atoms with Gasteiger partial charge in [0, 0.05) is 0 Å². The highest BCUT2D eigenvalue weighted by molar-refractivity contribution is 7.17. The van der Waals surface area contributed by atoms with E-state index >= 15 is 0 Å². The SMILES string of the molecule is CC(=O)c1sc(-c2ccccc2)c(C#N)c1C. The molecule has 0 bridgehead atoms. The van der Waals surface area contributed by atoms with Gasteiger partial charge in [-0.2, -0.15) is 5.26 Å². The van der Waals surface area contributed by atoms with Gasteiger partial charge in [0.25, 0.3) is 0 Å². The Morgan fingerprint density at radius 3 is 2.47 bits per heavy atom. The summed E-state index contributed by atoms with van der Waals surface area (Å²) in [4.78, 5) is 13.0. The lowest BCUT2D eigenvalue weighted by atomic mass is 10.1. The first kappa shape index (κ1) is 11.6. The van der Waals surface area contributed by atoms with Crippen molar-refractivity contribution in [3.8, 4) is 16.5 Å². The summed E-state index contributed by atoms with van der Waals surface area (Å²) in [7, 11) is 0. The second-order valence-electron chi connectivity index (χ2n) is 3.79. The molecule has 0 unspecified atom stereocenters. The number of hydrogen-bond acceptors (Lipinski definition) is 3. The van der Waals surface area contributed by atoms with Crippen LogP contribution in [0.5, 0.6) is 0 Å². The number of nitrogens with zero attached hydrogens (tertiary/aromatic N) is 1. The molecule has 0 aliphatic carbocycles. The number of nitriles is 1. The maximum atomic E-state index is 11.5. The van der Waals surface area contributed by atoms with E-state index in [-0.39, 0.29) is 5.78 Å². The van der Waals surface area contributed by atoms with Crippen LogP contribution in [0.2, 0.25) is 0 Å². The Kier molecular flexibility index (Phi) is 3.08. The van der Waals surface area contributed by atoms with E-state index in [1.54, 1.807) is 0 Å². The first-order valence-corrected chi connectivity index (χ1v) is 6.06. The third-order valence-electron chi connectivity index (χ3n) is 2.61. The quantitative estimate of drug-likeness (QED) is 0.750. The summed E-state index contributed by atoms with van der Waals surface area (Å²) in [6.45, 7) is 3.37. The Bertz CT molecular complexity index is 605. The highest BCUT2D eigenvalue weighted by Crippen LogP contribution is 2.36. The highest BCUT2D eigenvalue weighted by Gasteiger charge is 2.18. The van der Waals surface area contributed by atoms with E-state index in [4.69, 9.17) is 0 Å². The van der Waals surface area contributed by atoms with E-state index in [0.717, 1.165) is 16.0 Å². The molecule has 0 aliphatic rings. The fourth-order valence-corrected chi connectivity index (χ4v) is 2.93. The first-order chi connectivity index (χ1) is 8.15. The maximum Gasteiger partial charge on any atom is 0.170 e. The molecule has 2 nitrogen and oxygen atoms in total. The van der Waals surface area contributed by atoms with Crippen molar-refractivity contribution >= 4 is 17.1 Å². The molecule has 2 aromatic rings. The lowest BCUT2D eigenvalue weighted by Crippen LogP contribution is -1.90. The summed E-state index contributed by atoms with van der Waals surface area (Å²) in [5, 5.41) is 9.20. The number of carbonyl (C=O) groups excluding carboxylic acids is 1. The van der Waals surface area contributed by atoms with Gasteiger partial charge in [-0.1, -0.05) is 30.3 Å². The van der Waals surface area contributed by atoms with Crippen LogP contribution in [0.15, 0.2) is 30.3 Å². The normalized spacial score (nSPS) is 9.94. The van der Waals surface area contributed by atoms with Crippen LogP contribution < -0.4 is 0 Å². The molecule has 0 saturated carbocycles. The number of carbonyl (C=O) groups is 1. The number of benzene rings is 1. The summed E-state index contributed by atoms with van der Waals surface area (Å²) in [6, 6.07) is 11.9. The molecular formula is C14H11NOS. The second-order valence-corrected chi connectivity index (χ2v) is 4.81. The zero-order chi connectivity index (χ0) is 12.4. The van der Waals surface area contributed by atoms with Crippen LogP contribution in [0.1, 0.15) is 27.7 Å². The van der Waals surface area contributed by atoms with E-state index < -0.39 is 0 Å². The van der Waals surface area contributed by atoms with Crippen molar-refractivity contribution in [1.29, 1.82) is 5.26 Å². The van der Waals surface area contributed by atoms with Crippen LogP contribution in [0.4, 0.5) is 0 Å². The van der Waals surface area contributed by atoms with Gasteiger partial charge in [0.05, 0.1) is 15.3 Å². The number of thiophene rings is 1. The molecule has 0 fully saturated rings. The predicted octanol–water partition coefficient (Wildman–Crippen LogP) is 3.80. The molecule has 0 saturated heterocycles. The van der Waals surface area contributed by atoms with Gasteiger partial charge in [-0.3, -0.25) is 4.79 Å². The van der Waals surface area contributed by atoms with Gasteiger partial charge in [-0.25, -0.2) is 0 Å². The molecule has 2 rings (SSSR count). The average Bonchev–Trinajstić information content (AvgIpc) is 2.67. The molecule has 1 heterocycles. The van der Waals surface area contributed by atoms with Gasteiger partial charge < -0.3 is 0 Å². The van der Waals surface area contributed by atoms with E-state index in [0.29, 0.717) is 10.4 Å². The van der Waals surface area contributed by atoms with Gasteiger partial charge in [0.2, 0.25) is 0 Å². The van der Waals surface area contributed by atoms with Crippen molar-refractivity contribution in [1.82, 2.24) is 0 Å². The minimum Gasteiger partial charge on any atom is -0.294 e. The molecule has 0 atom stereocenters. The summed E-state index contributed by atoms with van der Waals surface area (Å²) < 4.78 is 0. The lowest BCUT2D eigenvalue weighted by molar-refractivity contribution is 0.102. The van der Waals surface area contributed by atoms with Gasteiger partial charge in [0.15, 0.2) is 5.78 Å². The number of Topliss-reactive ketones (excluding diaryl/α,β-unsaturated/α-hetero) is 1. The zero-order valence-electron chi connectivity index (χ0n) is 9.65. The fraction of sp³-hybridized carbons (Fsp3) is 0.143. The molecule has 84 valence electrons. The van der Waals surface area contributed by atoms with Gasteiger partial charge in [-0.05, 0) is 25.0 Å². The maximum absolute atomic E-state index is 11.5.